The minimum atomic E-state index is -4.52. The molecule has 2 aromatic rings. The van der Waals surface area contributed by atoms with Crippen molar-refractivity contribution >= 4 is 52.0 Å². The molecule has 0 saturated heterocycles. The quantitative estimate of drug-likeness (QED) is 0.710. The Morgan fingerprint density at radius 1 is 1.00 bits per heavy atom. The molecule has 3 N–H and O–H groups in total. The number of hydrogen-bond acceptors (Lipinski definition) is 3. The number of halogens is 6. The molecule has 0 saturated carbocycles. The number of nitrogens with one attached hydrogen (secondary N) is 1. The molecular weight excluding hydrogens is 350 g/mol. The van der Waals surface area contributed by atoms with Gasteiger partial charge in [-0.1, -0.05) is 34.8 Å². The molecule has 0 aliphatic heterocycles. The van der Waals surface area contributed by atoms with Gasteiger partial charge >= 0.3 is 6.18 Å². The Morgan fingerprint density at radius 3 is 2.05 bits per heavy atom. The van der Waals surface area contributed by atoms with Crippen LogP contribution in [0.4, 0.5) is 30.4 Å². The maximum Gasteiger partial charge on any atom is 0.417 e. The number of benzene rings is 1. The number of hydrogen-bond donors (Lipinski definition) is 2. The first-order valence-electron chi connectivity index (χ1n) is 5.43. The predicted molar refractivity (Wildman–Crippen MR) is 78.4 cm³/mol. The molecule has 0 atom stereocenters. The average Bonchev–Trinajstić information content (AvgIpc) is 2.33. The van der Waals surface area contributed by atoms with E-state index in [4.69, 9.17) is 40.5 Å². The number of aromatic nitrogens is 1. The normalized spacial score (nSPS) is 11.5. The van der Waals surface area contributed by atoms with Gasteiger partial charge in [-0.15, -0.1) is 0 Å². The third-order valence-corrected chi connectivity index (χ3v) is 3.36. The summed E-state index contributed by atoms with van der Waals surface area (Å²) in [5.41, 5.74) is 5.21. The van der Waals surface area contributed by atoms with E-state index in [-0.39, 0.29) is 26.6 Å². The minimum Gasteiger partial charge on any atom is -0.399 e. The van der Waals surface area contributed by atoms with Crippen LogP contribution in [0.5, 0.6) is 0 Å². The summed E-state index contributed by atoms with van der Waals surface area (Å²) in [7, 11) is 0. The lowest BCUT2D eigenvalue weighted by Crippen LogP contribution is -2.06. The van der Waals surface area contributed by atoms with Gasteiger partial charge in [-0.2, -0.15) is 13.2 Å². The molecule has 0 aliphatic rings. The van der Waals surface area contributed by atoms with Crippen LogP contribution in [0, 0.1) is 0 Å². The number of alkyl halides is 3. The molecule has 1 aromatic carbocycles. The van der Waals surface area contributed by atoms with E-state index >= 15 is 0 Å². The van der Waals surface area contributed by atoms with Crippen LogP contribution in [-0.4, -0.2) is 4.98 Å². The molecule has 21 heavy (non-hydrogen) atoms. The van der Waals surface area contributed by atoms with Crippen LogP contribution in [0.15, 0.2) is 24.4 Å². The van der Waals surface area contributed by atoms with Crippen LogP contribution in [0.3, 0.4) is 0 Å². The van der Waals surface area contributed by atoms with Gasteiger partial charge in [0, 0.05) is 11.9 Å². The van der Waals surface area contributed by atoms with Crippen LogP contribution >= 0.6 is 34.8 Å². The van der Waals surface area contributed by atoms with Gasteiger partial charge in [0.15, 0.2) is 0 Å². The fraction of sp³-hybridized carbons (Fsp3) is 0.0833. The van der Waals surface area contributed by atoms with Crippen LogP contribution in [0.2, 0.25) is 15.1 Å². The fourth-order valence-corrected chi connectivity index (χ4v) is 2.33. The standard InChI is InChI=1S/C12H7Cl3F3N3/c13-7-2-6(19)3-8(14)10(7)21-11-9(15)1-5(4-20-11)12(16,17)18/h1-4H,19H2,(H,20,21). The molecule has 9 heteroatoms. The van der Waals surface area contributed by atoms with E-state index in [2.05, 4.69) is 10.3 Å². The van der Waals surface area contributed by atoms with Crippen molar-refractivity contribution in [3.63, 3.8) is 0 Å². The van der Waals surface area contributed by atoms with E-state index in [0.29, 0.717) is 11.9 Å². The SMILES string of the molecule is Nc1cc(Cl)c(Nc2ncc(C(F)(F)F)cc2Cl)c(Cl)c1. The smallest absolute Gasteiger partial charge is 0.399 e. The van der Waals surface area contributed by atoms with Gasteiger partial charge in [-0.05, 0) is 18.2 Å². The Bertz CT molecular complexity index is 666. The highest BCUT2D eigenvalue weighted by atomic mass is 35.5. The van der Waals surface area contributed by atoms with E-state index in [1.54, 1.807) is 0 Å². The average molecular weight is 357 g/mol. The van der Waals surface area contributed by atoms with Gasteiger partial charge in [-0.3, -0.25) is 0 Å². The van der Waals surface area contributed by atoms with Gasteiger partial charge in [-0.25, -0.2) is 4.98 Å². The second kappa shape index (κ2) is 5.79. The first kappa shape index (κ1) is 16.0. The van der Waals surface area contributed by atoms with Crippen molar-refractivity contribution in [3.8, 4) is 0 Å². The molecule has 1 aromatic heterocycles. The van der Waals surface area contributed by atoms with Crippen molar-refractivity contribution in [1.29, 1.82) is 0 Å². The number of pyridine rings is 1. The van der Waals surface area contributed by atoms with Crippen molar-refractivity contribution in [1.82, 2.24) is 4.98 Å². The number of anilines is 3. The van der Waals surface area contributed by atoms with Crippen molar-refractivity contribution in [2.24, 2.45) is 0 Å². The summed E-state index contributed by atoms with van der Waals surface area (Å²) in [6.07, 6.45) is -3.86. The summed E-state index contributed by atoms with van der Waals surface area (Å²) >= 11 is 17.7. The van der Waals surface area contributed by atoms with Crippen molar-refractivity contribution < 1.29 is 13.2 Å². The zero-order chi connectivity index (χ0) is 15.8. The molecule has 3 nitrogen and oxygen atoms in total. The zero-order valence-corrected chi connectivity index (χ0v) is 12.4. The molecule has 0 amide bonds. The lowest BCUT2D eigenvalue weighted by atomic mass is 10.2. The Balaban J connectivity index is 2.37. The van der Waals surface area contributed by atoms with Crippen molar-refractivity contribution in [2.45, 2.75) is 6.18 Å². The Labute approximate surface area is 132 Å². The summed E-state index contributed by atoms with van der Waals surface area (Å²) in [6, 6.07) is 3.64. The Kier molecular flexibility index (Phi) is 4.41. The van der Waals surface area contributed by atoms with E-state index in [9.17, 15) is 13.2 Å². The van der Waals surface area contributed by atoms with E-state index in [0.717, 1.165) is 6.07 Å². The van der Waals surface area contributed by atoms with Gasteiger partial charge in [0.2, 0.25) is 0 Å². The van der Waals surface area contributed by atoms with Gasteiger partial charge < -0.3 is 11.1 Å². The predicted octanol–water partition coefficient (Wildman–Crippen LogP) is 5.39. The molecule has 1 heterocycles. The summed E-state index contributed by atoms with van der Waals surface area (Å²) < 4.78 is 37.6. The van der Waals surface area contributed by atoms with E-state index < -0.39 is 11.7 Å². The molecule has 0 fully saturated rings. The highest BCUT2D eigenvalue weighted by molar-refractivity contribution is 6.40. The third-order valence-electron chi connectivity index (χ3n) is 2.48. The third kappa shape index (κ3) is 3.64. The molecule has 0 unspecified atom stereocenters. The lowest BCUT2D eigenvalue weighted by Gasteiger charge is -2.13. The summed E-state index contributed by atoms with van der Waals surface area (Å²) in [5.74, 6) is -0.00163. The van der Waals surface area contributed by atoms with Crippen LogP contribution in [0.1, 0.15) is 5.56 Å². The van der Waals surface area contributed by atoms with Crippen LogP contribution < -0.4 is 11.1 Å². The van der Waals surface area contributed by atoms with Crippen LogP contribution in [0.25, 0.3) is 0 Å². The molecule has 112 valence electrons. The first-order chi connectivity index (χ1) is 9.68. The summed E-state index contributed by atoms with van der Waals surface area (Å²) in [6.45, 7) is 0. The second-order valence-corrected chi connectivity index (χ2v) is 5.26. The van der Waals surface area contributed by atoms with Crippen molar-refractivity contribution in [2.75, 3.05) is 11.1 Å². The van der Waals surface area contributed by atoms with E-state index in [1.807, 2.05) is 0 Å². The largest absolute Gasteiger partial charge is 0.417 e. The lowest BCUT2D eigenvalue weighted by molar-refractivity contribution is -0.137. The molecule has 0 aliphatic carbocycles. The number of nitrogens with two attached hydrogens (primary N) is 1. The minimum absolute atomic E-state index is 0.00163. The molecular formula is C12H7Cl3F3N3. The number of rotatable bonds is 2. The number of nitrogen functional groups attached to an aromatic ring is 1. The highest BCUT2D eigenvalue weighted by Gasteiger charge is 2.31. The fourth-order valence-electron chi connectivity index (χ4n) is 1.52. The molecule has 0 radical (unpaired) electrons. The summed E-state index contributed by atoms with van der Waals surface area (Å²) in [4.78, 5) is 3.63. The zero-order valence-electron chi connectivity index (χ0n) is 10.1. The maximum absolute atomic E-state index is 12.5. The topological polar surface area (TPSA) is 50.9 Å². The highest BCUT2D eigenvalue weighted by Crippen LogP contribution is 2.37. The molecule has 2 rings (SSSR count). The van der Waals surface area contributed by atoms with Gasteiger partial charge in [0.1, 0.15) is 5.82 Å². The molecule has 0 spiro atoms. The van der Waals surface area contributed by atoms with E-state index in [1.165, 1.54) is 12.1 Å². The Morgan fingerprint density at radius 2 is 1.57 bits per heavy atom. The molecule has 0 bridgehead atoms. The second-order valence-electron chi connectivity index (χ2n) is 4.04. The maximum atomic E-state index is 12.5. The Hall–Kier alpha value is -1.37. The van der Waals surface area contributed by atoms with Crippen molar-refractivity contribution in [3.05, 3.63) is 45.0 Å². The van der Waals surface area contributed by atoms with Crippen LogP contribution in [-0.2, 0) is 6.18 Å². The summed E-state index contributed by atoms with van der Waals surface area (Å²) in [5, 5.41) is 2.86. The van der Waals surface area contributed by atoms with Gasteiger partial charge in [0.25, 0.3) is 0 Å². The first-order valence-corrected chi connectivity index (χ1v) is 6.56. The number of nitrogens with zero attached hydrogens (tertiary/aromatic N) is 1. The van der Waals surface area contributed by atoms with Gasteiger partial charge in [0.05, 0.1) is 26.3 Å². The monoisotopic (exact) mass is 355 g/mol.